The molecule has 0 aliphatic rings. The van der Waals surface area contributed by atoms with Crippen molar-refractivity contribution in [2.75, 3.05) is 7.11 Å². The minimum absolute atomic E-state index is 0.260. The van der Waals surface area contributed by atoms with Crippen LogP contribution >= 0.6 is 0 Å². The average molecular weight is 308 g/mol. The number of aromatic amines is 1. The fraction of sp³-hybridized carbons (Fsp3) is 0.118. The number of hydrogen-bond acceptors (Lipinski definition) is 4. The lowest BCUT2D eigenvalue weighted by molar-refractivity contribution is 0.0937. The number of nitrogens with one attached hydrogen (secondary N) is 2. The first-order chi connectivity index (χ1) is 11.3. The van der Waals surface area contributed by atoms with E-state index in [1.807, 2.05) is 42.5 Å². The molecule has 0 unspecified atom stereocenters. The first kappa shape index (κ1) is 14.8. The molecule has 2 aromatic heterocycles. The first-order valence-electron chi connectivity index (χ1n) is 7.13. The Morgan fingerprint density at radius 2 is 1.96 bits per heavy atom. The molecular formula is C17H16N4O2. The van der Waals surface area contributed by atoms with E-state index in [1.54, 1.807) is 19.4 Å². The standard InChI is InChI=1S/C17H16N4O2/c1-23-15-8-3-2-6-12(15)16(13-7-4-5-10-18-13)20-17(22)14-9-11-19-21-14/h2-11,16H,1H3,(H,19,21)(H,20,22)/t16-/m0/s1. The Bertz CT molecular complexity index is 772. The van der Waals surface area contributed by atoms with Crippen LogP contribution in [0.1, 0.15) is 27.8 Å². The van der Waals surface area contributed by atoms with E-state index in [0.29, 0.717) is 11.4 Å². The lowest BCUT2D eigenvalue weighted by Crippen LogP contribution is -2.30. The van der Waals surface area contributed by atoms with Gasteiger partial charge in [0, 0.05) is 18.0 Å². The van der Waals surface area contributed by atoms with Crippen molar-refractivity contribution in [1.82, 2.24) is 20.5 Å². The van der Waals surface area contributed by atoms with Gasteiger partial charge in [-0.05, 0) is 24.3 Å². The van der Waals surface area contributed by atoms with Crippen molar-refractivity contribution < 1.29 is 9.53 Å². The summed E-state index contributed by atoms with van der Waals surface area (Å²) in [4.78, 5) is 16.8. The van der Waals surface area contributed by atoms with E-state index in [9.17, 15) is 4.79 Å². The molecule has 116 valence electrons. The van der Waals surface area contributed by atoms with E-state index in [0.717, 1.165) is 11.3 Å². The minimum atomic E-state index is -0.428. The number of para-hydroxylation sites is 1. The van der Waals surface area contributed by atoms with Gasteiger partial charge in [0.2, 0.25) is 0 Å². The monoisotopic (exact) mass is 308 g/mol. The molecule has 0 spiro atoms. The summed E-state index contributed by atoms with van der Waals surface area (Å²) >= 11 is 0. The molecule has 2 N–H and O–H groups in total. The van der Waals surface area contributed by atoms with E-state index in [2.05, 4.69) is 20.5 Å². The number of H-pyrrole nitrogens is 1. The Morgan fingerprint density at radius 1 is 1.13 bits per heavy atom. The third-order valence-electron chi connectivity index (χ3n) is 3.45. The molecule has 0 saturated carbocycles. The quantitative estimate of drug-likeness (QED) is 0.758. The predicted octanol–water partition coefficient (Wildman–Crippen LogP) is 2.33. The van der Waals surface area contributed by atoms with Gasteiger partial charge in [-0.3, -0.25) is 14.9 Å². The van der Waals surface area contributed by atoms with Crippen molar-refractivity contribution in [2.24, 2.45) is 0 Å². The molecule has 6 nitrogen and oxygen atoms in total. The molecule has 1 aromatic carbocycles. The number of aromatic nitrogens is 3. The summed E-state index contributed by atoms with van der Waals surface area (Å²) in [6.07, 6.45) is 3.23. The van der Waals surface area contributed by atoms with Crippen molar-refractivity contribution in [2.45, 2.75) is 6.04 Å². The van der Waals surface area contributed by atoms with Crippen LogP contribution in [0, 0.1) is 0 Å². The highest BCUT2D eigenvalue weighted by atomic mass is 16.5. The summed E-state index contributed by atoms with van der Waals surface area (Å²) in [6.45, 7) is 0. The fourth-order valence-corrected chi connectivity index (χ4v) is 2.35. The van der Waals surface area contributed by atoms with Crippen molar-refractivity contribution in [3.63, 3.8) is 0 Å². The fourth-order valence-electron chi connectivity index (χ4n) is 2.35. The van der Waals surface area contributed by atoms with Crippen LogP contribution in [-0.2, 0) is 0 Å². The molecule has 0 saturated heterocycles. The second-order valence-electron chi connectivity index (χ2n) is 4.87. The van der Waals surface area contributed by atoms with Gasteiger partial charge in [-0.25, -0.2) is 0 Å². The number of amides is 1. The normalized spacial score (nSPS) is 11.7. The topological polar surface area (TPSA) is 79.9 Å². The lowest BCUT2D eigenvalue weighted by Gasteiger charge is -2.20. The number of ether oxygens (including phenoxy) is 1. The van der Waals surface area contributed by atoms with Gasteiger partial charge < -0.3 is 10.1 Å². The maximum Gasteiger partial charge on any atom is 0.270 e. The van der Waals surface area contributed by atoms with Gasteiger partial charge in [0.05, 0.1) is 12.8 Å². The number of methoxy groups -OCH3 is 1. The van der Waals surface area contributed by atoms with Crippen LogP contribution in [-0.4, -0.2) is 28.2 Å². The zero-order chi connectivity index (χ0) is 16.1. The summed E-state index contributed by atoms with van der Waals surface area (Å²) in [5.74, 6) is 0.428. The van der Waals surface area contributed by atoms with Gasteiger partial charge in [0.15, 0.2) is 0 Å². The zero-order valence-electron chi connectivity index (χ0n) is 12.6. The SMILES string of the molecule is COc1ccccc1[C@H](NC(=O)c1ccn[nH]1)c1ccccn1. The van der Waals surface area contributed by atoms with Crippen molar-refractivity contribution >= 4 is 5.91 Å². The second-order valence-corrected chi connectivity index (χ2v) is 4.87. The van der Waals surface area contributed by atoms with Crippen LogP contribution in [0.2, 0.25) is 0 Å². The van der Waals surface area contributed by atoms with E-state index in [4.69, 9.17) is 4.74 Å². The smallest absolute Gasteiger partial charge is 0.270 e. The third kappa shape index (κ3) is 3.21. The van der Waals surface area contributed by atoms with Crippen molar-refractivity contribution in [1.29, 1.82) is 0 Å². The number of nitrogens with zero attached hydrogens (tertiary/aromatic N) is 2. The largest absolute Gasteiger partial charge is 0.496 e. The molecule has 6 heteroatoms. The summed E-state index contributed by atoms with van der Waals surface area (Å²) in [7, 11) is 1.60. The second kappa shape index (κ2) is 6.74. The Morgan fingerprint density at radius 3 is 2.65 bits per heavy atom. The Hall–Kier alpha value is -3.15. The highest BCUT2D eigenvalue weighted by Gasteiger charge is 2.22. The summed E-state index contributed by atoms with van der Waals surface area (Å²) in [5.41, 5.74) is 1.95. The predicted molar refractivity (Wildman–Crippen MR) is 85.1 cm³/mol. The zero-order valence-corrected chi connectivity index (χ0v) is 12.6. The van der Waals surface area contributed by atoms with Crippen LogP contribution in [0.25, 0.3) is 0 Å². The van der Waals surface area contributed by atoms with Crippen LogP contribution < -0.4 is 10.1 Å². The van der Waals surface area contributed by atoms with Gasteiger partial charge in [-0.1, -0.05) is 24.3 Å². The van der Waals surface area contributed by atoms with Gasteiger partial charge in [-0.15, -0.1) is 0 Å². The van der Waals surface area contributed by atoms with E-state index < -0.39 is 6.04 Å². The lowest BCUT2D eigenvalue weighted by atomic mass is 10.0. The maximum absolute atomic E-state index is 12.4. The van der Waals surface area contributed by atoms with Crippen LogP contribution in [0.5, 0.6) is 5.75 Å². The molecule has 0 aliphatic heterocycles. The Kier molecular flexibility index (Phi) is 4.33. The van der Waals surface area contributed by atoms with Gasteiger partial charge in [0.1, 0.15) is 17.5 Å². The van der Waals surface area contributed by atoms with Gasteiger partial charge in [0.25, 0.3) is 5.91 Å². The molecule has 0 aliphatic carbocycles. The molecule has 0 fully saturated rings. The average Bonchev–Trinajstić information content (AvgIpc) is 3.15. The van der Waals surface area contributed by atoms with E-state index in [-0.39, 0.29) is 5.91 Å². The summed E-state index contributed by atoms with van der Waals surface area (Å²) in [6, 6.07) is 14.3. The van der Waals surface area contributed by atoms with E-state index >= 15 is 0 Å². The van der Waals surface area contributed by atoms with Gasteiger partial charge >= 0.3 is 0 Å². The summed E-state index contributed by atoms with van der Waals surface area (Å²) < 4.78 is 5.42. The molecule has 3 rings (SSSR count). The molecule has 0 radical (unpaired) electrons. The van der Waals surface area contributed by atoms with Crippen LogP contribution in [0.3, 0.4) is 0 Å². The molecule has 1 atom stereocenters. The molecular weight excluding hydrogens is 292 g/mol. The van der Waals surface area contributed by atoms with E-state index in [1.165, 1.54) is 6.20 Å². The minimum Gasteiger partial charge on any atom is -0.496 e. The third-order valence-corrected chi connectivity index (χ3v) is 3.45. The molecule has 0 bridgehead atoms. The number of benzene rings is 1. The van der Waals surface area contributed by atoms with Crippen LogP contribution in [0.4, 0.5) is 0 Å². The van der Waals surface area contributed by atoms with Crippen LogP contribution in [0.15, 0.2) is 60.9 Å². The molecule has 1 amide bonds. The summed E-state index contributed by atoms with van der Waals surface area (Å²) in [5, 5.41) is 9.44. The number of hydrogen-bond donors (Lipinski definition) is 2. The van der Waals surface area contributed by atoms with Crippen molar-refractivity contribution in [3.8, 4) is 5.75 Å². The highest BCUT2D eigenvalue weighted by molar-refractivity contribution is 5.92. The maximum atomic E-state index is 12.4. The number of pyridine rings is 1. The highest BCUT2D eigenvalue weighted by Crippen LogP contribution is 2.29. The molecule has 23 heavy (non-hydrogen) atoms. The number of rotatable bonds is 5. The van der Waals surface area contributed by atoms with Crippen molar-refractivity contribution in [3.05, 3.63) is 77.9 Å². The number of carbonyl (C=O) groups is 1. The van der Waals surface area contributed by atoms with Gasteiger partial charge in [-0.2, -0.15) is 5.10 Å². The Labute approximate surface area is 133 Å². The Balaban J connectivity index is 1.99. The number of carbonyl (C=O) groups excluding carboxylic acids is 1. The molecule has 3 aromatic rings. The molecule has 2 heterocycles. The first-order valence-corrected chi connectivity index (χ1v) is 7.13.